The lowest BCUT2D eigenvalue weighted by Gasteiger charge is -1.91. The lowest BCUT2D eigenvalue weighted by atomic mass is 10.3. The van der Waals surface area contributed by atoms with Crippen LogP contribution in [0.25, 0.3) is 15.7 Å². The SMILES string of the molecule is CCc1n2ccc3sc(C)nc3c2c[n+]1C. The van der Waals surface area contributed by atoms with E-state index < -0.39 is 0 Å². The van der Waals surface area contributed by atoms with Gasteiger partial charge in [-0.15, -0.1) is 11.3 Å². The van der Waals surface area contributed by atoms with E-state index >= 15 is 0 Å². The van der Waals surface area contributed by atoms with Gasteiger partial charge in [-0.2, -0.15) is 4.40 Å². The lowest BCUT2D eigenvalue weighted by Crippen LogP contribution is -2.30. The van der Waals surface area contributed by atoms with Crippen LogP contribution in [0.2, 0.25) is 0 Å². The molecule has 82 valence electrons. The molecule has 3 nitrogen and oxygen atoms in total. The Bertz CT molecular complexity index is 678. The molecule has 0 aromatic carbocycles. The number of imidazole rings is 1. The summed E-state index contributed by atoms with van der Waals surface area (Å²) in [6.07, 6.45) is 5.34. The molecule has 3 aromatic rings. The van der Waals surface area contributed by atoms with Crippen LogP contribution >= 0.6 is 11.3 Å². The average Bonchev–Trinajstić information content (AvgIpc) is 2.76. The third-order valence-electron chi connectivity index (χ3n) is 2.95. The molecule has 0 aliphatic carbocycles. The van der Waals surface area contributed by atoms with Gasteiger partial charge in [0, 0.05) is 6.42 Å². The van der Waals surface area contributed by atoms with E-state index in [-0.39, 0.29) is 0 Å². The Kier molecular flexibility index (Phi) is 2.01. The molecule has 0 amide bonds. The first-order chi connectivity index (χ1) is 7.70. The largest absolute Gasteiger partial charge is 0.261 e. The van der Waals surface area contributed by atoms with Crippen molar-refractivity contribution in [2.24, 2.45) is 7.05 Å². The fourth-order valence-corrected chi connectivity index (χ4v) is 3.10. The molecule has 0 aliphatic heterocycles. The Hall–Kier alpha value is -1.42. The van der Waals surface area contributed by atoms with Crippen molar-refractivity contribution in [3.05, 3.63) is 29.3 Å². The first-order valence-electron chi connectivity index (χ1n) is 5.46. The minimum atomic E-state index is 1.03. The Morgan fingerprint density at radius 3 is 3.06 bits per heavy atom. The molecular weight excluding hydrogens is 218 g/mol. The highest BCUT2D eigenvalue weighted by Gasteiger charge is 2.17. The quantitative estimate of drug-likeness (QED) is 0.590. The summed E-state index contributed by atoms with van der Waals surface area (Å²) in [5.41, 5.74) is 2.33. The Morgan fingerprint density at radius 1 is 1.50 bits per heavy atom. The van der Waals surface area contributed by atoms with Gasteiger partial charge in [-0.1, -0.05) is 6.92 Å². The second kappa shape index (κ2) is 3.28. The van der Waals surface area contributed by atoms with Gasteiger partial charge in [-0.05, 0) is 13.0 Å². The molecule has 3 aromatic heterocycles. The lowest BCUT2D eigenvalue weighted by molar-refractivity contribution is -0.677. The maximum Gasteiger partial charge on any atom is 0.261 e. The number of pyridine rings is 1. The Balaban J connectivity index is 2.51. The molecule has 4 heteroatoms. The highest BCUT2D eigenvalue weighted by Crippen LogP contribution is 2.25. The number of nitrogens with zero attached hydrogens (tertiary/aromatic N) is 3. The molecule has 16 heavy (non-hydrogen) atoms. The zero-order valence-electron chi connectivity index (χ0n) is 9.69. The molecule has 0 spiro atoms. The molecule has 0 radical (unpaired) electrons. The van der Waals surface area contributed by atoms with E-state index in [1.165, 1.54) is 16.0 Å². The summed E-state index contributed by atoms with van der Waals surface area (Å²) in [6.45, 7) is 4.24. The fourth-order valence-electron chi connectivity index (χ4n) is 2.27. The molecule has 0 atom stereocenters. The zero-order chi connectivity index (χ0) is 11.3. The van der Waals surface area contributed by atoms with Gasteiger partial charge in [0.15, 0.2) is 5.52 Å². The van der Waals surface area contributed by atoms with Crippen LogP contribution in [-0.2, 0) is 13.5 Å². The van der Waals surface area contributed by atoms with Crippen LogP contribution in [0.4, 0.5) is 0 Å². The summed E-state index contributed by atoms with van der Waals surface area (Å²) in [5.74, 6) is 1.31. The molecular formula is C12H14N3S+. The number of aromatic nitrogens is 3. The van der Waals surface area contributed by atoms with E-state index in [1.807, 2.05) is 0 Å². The molecule has 3 rings (SSSR count). The first-order valence-corrected chi connectivity index (χ1v) is 6.28. The maximum absolute atomic E-state index is 4.61. The van der Waals surface area contributed by atoms with E-state index in [1.54, 1.807) is 11.3 Å². The van der Waals surface area contributed by atoms with E-state index in [0.29, 0.717) is 0 Å². The molecule has 0 N–H and O–H groups in total. The van der Waals surface area contributed by atoms with Gasteiger partial charge >= 0.3 is 0 Å². The molecule has 0 saturated heterocycles. The van der Waals surface area contributed by atoms with Gasteiger partial charge in [-0.3, -0.25) is 0 Å². The third kappa shape index (κ3) is 1.19. The topological polar surface area (TPSA) is 21.2 Å². The minimum absolute atomic E-state index is 1.03. The fraction of sp³-hybridized carbons (Fsp3) is 0.333. The molecule has 0 saturated carbocycles. The summed E-state index contributed by atoms with van der Waals surface area (Å²) in [7, 11) is 2.09. The molecule has 0 fully saturated rings. The number of hydrogen-bond acceptors (Lipinski definition) is 2. The summed E-state index contributed by atoms with van der Waals surface area (Å²) >= 11 is 1.76. The van der Waals surface area contributed by atoms with Crippen molar-refractivity contribution in [3.63, 3.8) is 0 Å². The number of hydrogen-bond donors (Lipinski definition) is 0. The standard InChI is InChI=1S/C12H14N3S/c1-4-11-14(3)7-9-12-10(5-6-15(9)11)16-8(2)13-12/h5-7H,4H2,1-3H3/q+1. The van der Waals surface area contributed by atoms with Crippen molar-refractivity contribution < 1.29 is 4.57 Å². The van der Waals surface area contributed by atoms with Gasteiger partial charge in [0.2, 0.25) is 0 Å². The van der Waals surface area contributed by atoms with Crippen LogP contribution in [0, 0.1) is 6.92 Å². The number of fused-ring (bicyclic) bond motifs is 3. The van der Waals surface area contributed by atoms with Crippen molar-refractivity contribution >= 4 is 27.1 Å². The summed E-state index contributed by atoms with van der Waals surface area (Å²) in [5, 5.41) is 1.13. The molecule has 0 aliphatic rings. The van der Waals surface area contributed by atoms with Crippen LogP contribution < -0.4 is 4.57 Å². The molecule has 0 unspecified atom stereocenters. The van der Waals surface area contributed by atoms with Gasteiger partial charge in [0.1, 0.15) is 11.7 Å². The van der Waals surface area contributed by atoms with Crippen molar-refractivity contribution in [1.82, 2.24) is 9.38 Å². The zero-order valence-corrected chi connectivity index (χ0v) is 10.5. The highest BCUT2D eigenvalue weighted by atomic mass is 32.1. The predicted molar refractivity (Wildman–Crippen MR) is 65.9 cm³/mol. The van der Waals surface area contributed by atoms with Crippen molar-refractivity contribution in [1.29, 1.82) is 0 Å². The van der Waals surface area contributed by atoms with E-state index in [9.17, 15) is 0 Å². The Labute approximate surface area is 98.0 Å². The smallest absolute Gasteiger partial charge is 0.237 e. The predicted octanol–water partition coefficient (Wildman–Crippen LogP) is 2.24. The van der Waals surface area contributed by atoms with Gasteiger partial charge < -0.3 is 0 Å². The first kappa shape index (κ1) is 9.78. The van der Waals surface area contributed by atoms with E-state index in [0.717, 1.165) is 16.9 Å². The number of aryl methyl sites for hydroxylation is 3. The molecule has 0 bridgehead atoms. The number of thiazole rings is 1. The second-order valence-electron chi connectivity index (χ2n) is 4.03. The van der Waals surface area contributed by atoms with Crippen molar-refractivity contribution in [2.45, 2.75) is 20.3 Å². The van der Waals surface area contributed by atoms with Crippen molar-refractivity contribution in [3.8, 4) is 0 Å². The monoisotopic (exact) mass is 232 g/mol. The summed E-state index contributed by atoms with van der Waals surface area (Å²) in [4.78, 5) is 4.61. The normalized spacial score (nSPS) is 11.7. The van der Waals surface area contributed by atoms with Crippen LogP contribution in [0.3, 0.4) is 0 Å². The van der Waals surface area contributed by atoms with Crippen LogP contribution in [0.1, 0.15) is 17.8 Å². The van der Waals surface area contributed by atoms with Crippen LogP contribution in [-0.4, -0.2) is 9.38 Å². The minimum Gasteiger partial charge on any atom is -0.237 e. The Morgan fingerprint density at radius 2 is 2.31 bits per heavy atom. The van der Waals surface area contributed by atoms with Gasteiger partial charge in [0.25, 0.3) is 5.82 Å². The van der Waals surface area contributed by atoms with E-state index in [2.05, 4.69) is 53.3 Å². The van der Waals surface area contributed by atoms with Crippen LogP contribution in [0.5, 0.6) is 0 Å². The maximum atomic E-state index is 4.61. The van der Waals surface area contributed by atoms with Crippen molar-refractivity contribution in [2.75, 3.05) is 0 Å². The number of rotatable bonds is 1. The van der Waals surface area contributed by atoms with Crippen LogP contribution in [0.15, 0.2) is 18.5 Å². The van der Waals surface area contributed by atoms with Gasteiger partial charge in [0.05, 0.1) is 23.0 Å². The summed E-state index contributed by atoms with van der Waals surface area (Å²) < 4.78 is 5.69. The third-order valence-corrected chi connectivity index (χ3v) is 3.89. The van der Waals surface area contributed by atoms with Gasteiger partial charge in [-0.25, -0.2) is 9.55 Å². The second-order valence-corrected chi connectivity index (χ2v) is 5.26. The molecule has 3 heterocycles. The summed E-state index contributed by atoms with van der Waals surface area (Å²) in [6, 6.07) is 2.16. The average molecular weight is 232 g/mol. The van der Waals surface area contributed by atoms with E-state index in [4.69, 9.17) is 0 Å². The highest BCUT2D eigenvalue weighted by molar-refractivity contribution is 7.18.